The van der Waals surface area contributed by atoms with Crippen molar-refractivity contribution in [1.29, 1.82) is 0 Å². The number of Topliss-reactive ketones (excluding diaryl/α,β-unsaturated/α-hetero) is 1. The molecule has 2 nitrogen and oxygen atoms in total. The number of thiophene rings is 1. The molecule has 124 valence electrons. The molecule has 1 aliphatic heterocycles. The van der Waals surface area contributed by atoms with E-state index in [0.29, 0.717) is 12.5 Å². The van der Waals surface area contributed by atoms with Crippen LogP contribution in [-0.2, 0) is 0 Å². The molecule has 1 aromatic carbocycles. The molecule has 0 spiro atoms. The van der Waals surface area contributed by atoms with Gasteiger partial charge in [0.2, 0.25) is 0 Å². The summed E-state index contributed by atoms with van der Waals surface area (Å²) in [5.74, 6) is 0.611. The first kappa shape index (κ1) is 16.7. The Labute approximate surface area is 148 Å². The van der Waals surface area contributed by atoms with Crippen LogP contribution in [0.4, 0.5) is 0 Å². The maximum atomic E-state index is 12.4. The van der Waals surface area contributed by atoms with Gasteiger partial charge in [0.1, 0.15) is 0 Å². The number of allylic oxidation sites excluding steroid dienone is 2. The number of carbonyl (C=O) groups is 1. The molecule has 0 saturated carbocycles. The Morgan fingerprint density at radius 3 is 2.75 bits per heavy atom. The molecular formula is C21H23NOS. The van der Waals surface area contributed by atoms with Gasteiger partial charge in [0.25, 0.3) is 0 Å². The highest BCUT2D eigenvalue weighted by Crippen LogP contribution is 2.33. The van der Waals surface area contributed by atoms with E-state index in [1.54, 1.807) is 0 Å². The van der Waals surface area contributed by atoms with Gasteiger partial charge < -0.3 is 4.90 Å². The average Bonchev–Trinajstić information content (AvgIpc) is 3.15. The largest absolute Gasteiger partial charge is 0.347 e. The molecule has 0 fully saturated rings. The van der Waals surface area contributed by atoms with Crippen LogP contribution in [0.15, 0.2) is 71.9 Å². The summed E-state index contributed by atoms with van der Waals surface area (Å²) in [4.78, 5) is 15.2. The highest BCUT2D eigenvalue weighted by Gasteiger charge is 2.19. The minimum absolute atomic E-state index is 0.180. The Kier molecular flexibility index (Phi) is 5.65. The molecule has 2 heterocycles. The van der Waals surface area contributed by atoms with Gasteiger partial charge in [-0.15, -0.1) is 11.3 Å². The zero-order valence-corrected chi connectivity index (χ0v) is 14.8. The second-order valence-corrected chi connectivity index (χ2v) is 7.07. The summed E-state index contributed by atoms with van der Waals surface area (Å²) in [5, 5.41) is 1.95. The Morgan fingerprint density at radius 1 is 1.21 bits per heavy atom. The van der Waals surface area contributed by atoms with Crippen molar-refractivity contribution < 1.29 is 4.79 Å². The number of nitrogens with zero attached hydrogens (tertiary/aromatic N) is 1. The Morgan fingerprint density at radius 2 is 2.04 bits per heavy atom. The van der Waals surface area contributed by atoms with Crippen molar-refractivity contribution in [2.75, 3.05) is 6.54 Å². The van der Waals surface area contributed by atoms with Gasteiger partial charge >= 0.3 is 0 Å². The second kappa shape index (κ2) is 8.11. The van der Waals surface area contributed by atoms with E-state index in [2.05, 4.69) is 49.5 Å². The van der Waals surface area contributed by atoms with E-state index >= 15 is 0 Å². The van der Waals surface area contributed by atoms with Gasteiger partial charge in [-0.25, -0.2) is 0 Å². The van der Waals surface area contributed by atoms with Crippen molar-refractivity contribution in [2.24, 2.45) is 0 Å². The van der Waals surface area contributed by atoms with Gasteiger partial charge in [0.05, 0.1) is 11.4 Å². The first-order valence-corrected chi connectivity index (χ1v) is 9.40. The Bertz CT molecular complexity index is 716. The van der Waals surface area contributed by atoms with Crippen LogP contribution in [0.1, 0.15) is 47.3 Å². The molecule has 0 amide bonds. The quantitative estimate of drug-likeness (QED) is 0.611. The molecule has 0 saturated heterocycles. The van der Waals surface area contributed by atoms with E-state index < -0.39 is 0 Å². The van der Waals surface area contributed by atoms with Crippen LogP contribution in [0.5, 0.6) is 0 Å². The van der Waals surface area contributed by atoms with Crippen LogP contribution >= 0.6 is 11.3 Å². The van der Waals surface area contributed by atoms with Crippen LogP contribution in [0.3, 0.4) is 0 Å². The van der Waals surface area contributed by atoms with Crippen LogP contribution in [0.2, 0.25) is 0 Å². The number of rotatable bonds is 7. The van der Waals surface area contributed by atoms with Gasteiger partial charge in [-0.2, -0.15) is 0 Å². The highest BCUT2D eigenvalue weighted by molar-refractivity contribution is 7.12. The molecule has 0 bridgehead atoms. The average molecular weight is 337 g/mol. The minimum atomic E-state index is 0.180. The van der Waals surface area contributed by atoms with Crippen LogP contribution in [0, 0.1) is 0 Å². The van der Waals surface area contributed by atoms with E-state index in [4.69, 9.17) is 0 Å². The summed E-state index contributed by atoms with van der Waals surface area (Å²) in [6.45, 7) is 2.64. The van der Waals surface area contributed by atoms with Crippen molar-refractivity contribution in [3.63, 3.8) is 0 Å². The molecule has 2 aromatic rings. The molecule has 1 aromatic heterocycles. The van der Waals surface area contributed by atoms with E-state index in [0.717, 1.165) is 24.1 Å². The van der Waals surface area contributed by atoms with Crippen molar-refractivity contribution in [3.8, 4) is 0 Å². The molecule has 0 N–H and O–H groups in total. The lowest BCUT2D eigenvalue weighted by Crippen LogP contribution is -2.22. The normalized spacial score (nSPS) is 15.2. The first-order valence-electron chi connectivity index (χ1n) is 8.52. The predicted octanol–water partition coefficient (Wildman–Crippen LogP) is 5.62. The Hall–Kier alpha value is -2.13. The summed E-state index contributed by atoms with van der Waals surface area (Å²) in [7, 11) is 0. The molecule has 1 unspecified atom stereocenters. The number of hydrogen-bond acceptors (Lipinski definition) is 3. The van der Waals surface area contributed by atoms with Crippen LogP contribution < -0.4 is 0 Å². The summed E-state index contributed by atoms with van der Waals surface area (Å²) in [6.07, 6.45) is 9.62. The van der Waals surface area contributed by atoms with Gasteiger partial charge in [-0.05, 0) is 35.4 Å². The smallest absolute Gasteiger partial charge is 0.192 e. The van der Waals surface area contributed by atoms with Crippen LogP contribution in [0.25, 0.3) is 0 Å². The first-order chi connectivity index (χ1) is 11.8. The summed E-state index contributed by atoms with van der Waals surface area (Å²) in [6, 6.07) is 14.5. The lowest BCUT2D eigenvalue weighted by Gasteiger charge is -2.26. The van der Waals surface area contributed by atoms with E-state index in [-0.39, 0.29) is 5.78 Å². The van der Waals surface area contributed by atoms with Gasteiger partial charge in [0, 0.05) is 18.3 Å². The zero-order chi connectivity index (χ0) is 16.8. The van der Waals surface area contributed by atoms with E-state index in [9.17, 15) is 4.79 Å². The number of hydrogen-bond donors (Lipinski definition) is 0. The third-order valence-electron chi connectivity index (χ3n) is 4.33. The third-order valence-corrected chi connectivity index (χ3v) is 5.24. The third kappa shape index (κ3) is 4.04. The summed E-state index contributed by atoms with van der Waals surface area (Å²) >= 11 is 1.51. The van der Waals surface area contributed by atoms with Crippen molar-refractivity contribution in [2.45, 2.75) is 32.1 Å². The molecule has 24 heavy (non-hydrogen) atoms. The fraction of sp³-hybridized carbons (Fsp3) is 0.286. The van der Waals surface area contributed by atoms with Crippen molar-refractivity contribution in [1.82, 2.24) is 4.90 Å². The number of ketones is 1. The van der Waals surface area contributed by atoms with Crippen molar-refractivity contribution in [3.05, 3.63) is 82.3 Å². The van der Waals surface area contributed by atoms with E-state index in [1.165, 1.54) is 22.5 Å². The fourth-order valence-electron chi connectivity index (χ4n) is 3.18. The topological polar surface area (TPSA) is 20.3 Å². The Balaban J connectivity index is 1.76. The zero-order valence-electron chi connectivity index (χ0n) is 14.0. The SMILES string of the molecule is CCCC(C1=CN(CC(=O)c2cccs2)C=CC1)c1ccccc1. The van der Waals surface area contributed by atoms with Crippen molar-refractivity contribution >= 4 is 17.1 Å². The predicted molar refractivity (Wildman–Crippen MR) is 101 cm³/mol. The standard InChI is InChI=1S/C21H23NOS/c1-2-8-19(17-9-4-3-5-10-17)18-11-6-13-22(15-18)16-20(23)21-12-7-14-24-21/h3-7,9-10,12-15,19H,2,8,11,16H2,1H3. The lowest BCUT2D eigenvalue weighted by atomic mass is 9.85. The second-order valence-electron chi connectivity index (χ2n) is 6.12. The monoisotopic (exact) mass is 337 g/mol. The molecule has 0 radical (unpaired) electrons. The lowest BCUT2D eigenvalue weighted by molar-refractivity contribution is 0.0973. The molecule has 3 rings (SSSR count). The van der Waals surface area contributed by atoms with Gasteiger partial charge in [0.15, 0.2) is 5.78 Å². The molecule has 0 aliphatic carbocycles. The maximum Gasteiger partial charge on any atom is 0.192 e. The molecule has 1 aliphatic rings. The highest BCUT2D eigenvalue weighted by atomic mass is 32.1. The summed E-state index contributed by atoms with van der Waals surface area (Å²) < 4.78 is 0. The van der Waals surface area contributed by atoms with E-state index in [1.807, 2.05) is 28.6 Å². The molecule has 3 heteroatoms. The number of benzene rings is 1. The van der Waals surface area contributed by atoms with Crippen LogP contribution in [-0.4, -0.2) is 17.2 Å². The van der Waals surface area contributed by atoms with Gasteiger partial charge in [-0.1, -0.05) is 55.8 Å². The van der Waals surface area contributed by atoms with Gasteiger partial charge in [-0.3, -0.25) is 4.79 Å². The minimum Gasteiger partial charge on any atom is -0.347 e. The molecular weight excluding hydrogens is 314 g/mol. The molecule has 1 atom stereocenters. The fourth-order valence-corrected chi connectivity index (χ4v) is 3.84. The summed E-state index contributed by atoms with van der Waals surface area (Å²) in [5.41, 5.74) is 2.76. The maximum absolute atomic E-state index is 12.4. The number of carbonyl (C=O) groups excluding carboxylic acids is 1.